The molecule has 4 rings (SSSR count). The molecular formula is C29H27ClFNO5. The number of benzene rings is 3. The number of anilines is 1. The molecule has 3 aromatic carbocycles. The third-order valence-corrected chi connectivity index (χ3v) is 6.55. The van der Waals surface area contributed by atoms with E-state index in [0.29, 0.717) is 29.2 Å². The number of hydrogen-bond donors (Lipinski definition) is 1. The number of ketones is 1. The van der Waals surface area contributed by atoms with Gasteiger partial charge in [0.1, 0.15) is 23.1 Å². The van der Waals surface area contributed by atoms with Crippen molar-refractivity contribution in [1.82, 2.24) is 0 Å². The second-order valence-electron chi connectivity index (χ2n) is 8.85. The fraction of sp³-hybridized carbons (Fsp3) is 0.241. The second kappa shape index (κ2) is 10.6. The highest BCUT2D eigenvalue weighted by atomic mass is 35.5. The van der Waals surface area contributed by atoms with Crippen LogP contribution in [0.1, 0.15) is 49.4 Å². The van der Waals surface area contributed by atoms with Crippen LogP contribution >= 0.6 is 11.6 Å². The van der Waals surface area contributed by atoms with Crippen LogP contribution in [-0.2, 0) is 9.59 Å². The van der Waals surface area contributed by atoms with Gasteiger partial charge in [-0.3, -0.25) is 14.5 Å². The van der Waals surface area contributed by atoms with Crippen LogP contribution in [0.25, 0.3) is 5.76 Å². The number of para-hydroxylation sites is 1. The third kappa shape index (κ3) is 4.79. The zero-order valence-electron chi connectivity index (χ0n) is 20.9. The number of rotatable bonds is 7. The minimum atomic E-state index is -1.05. The molecule has 0 aliphatic carbocycles. The summed E-state index contributed by atoms with van der Waals surface area (Å²) in [6.45, 7) is 6.35. The van der Waals surface area contributed by atoms with E-state index in [2.05, 4.69) is 0 Å². The quantitative estimate of drug-likeness (QED) is 0.213. The highest BCUT2D eigenvalue weighted by Gasteiger charge is 2.48. The van der Waals surface area contributed by atoms with E-state index in [-0.39, 0.29) is 28.0 Å². The van der Waals surface area contributed by atoms with E-state index in [1.807, 2.05) is 20.8 Å². The summed E-state index contributed by atoms with van der Waals surface area (Å²) in [5, 5.41) is 11.3. The van der Waals surface area contributed by atoms with Gasteiger partial charge in [-0.2, -0.15) is 0 Å². The Morgan fingerprint density at radius 2 is 1.81 bits per heavy atom. The molecule has 1 aliphatic rings. The number of aliphatic hydroxyl groups is 1. The van der Waals surface area contributed by atoms with Crippen molar-refractivity contribution >= 4 is 34.7 Å². The van der Waals surface area contributed by atoms with Crippen molar-refractivity contribution in [3.63, 3.8) is 0 Å². The van der Waals surface area contributed by atoms with Gasteiger partial charge >= 0.3 is 0 Å². The Morgan fingerprint density at radius 3 is 2.46 bits per heavy atom. The predicted octanol–water partition coefficient (Wildman–Crippen LogP) is 6.64. The zero-order chi connectivity index (χ0) is 26.9. The van der Waals surface area contributed by atoms with Gasteiger partial charge in [-0.15, -0.1) is 0 Å². The highest BCUT2D eigenvalue weighted by molar-refractivity contribution is 6.52. The summed E-state index contributed by atoms with van der Waals surface area (Å²) in [5.74, 6) is -1.60. The summed E-state index contributed by atoms with van der Waals surface area (Å²) in [5.41, 5.74) is 1.77. The van der Waals surface area contributed by atoms with Crippen molar-refractivity contribution in [2.75, 3.05) is 18.6 Å². The summed E-state index contributed by atoms with van der Waals surface area (Å²) in [6.07, 6.45) is 0. The lowest BCUT2D eigenvalue weighted by atomic mass is 9.92. The highest BCUT2D eigenvalue weighted by Crippen LogP contribution is 2.45. The fourth-order valence-corrected chi connectivity index (χ4v) is 4.68. The lowest BCUT2D eigenvalue weighted by Gasteiger charge is -2.27. The lowest BCUT2D eigenvalue weighted by Crippen LogP contribution is -2.29. The molecular weight excluding hydrogens is 497 g/mol. The maximum Gasteiger partial charge on any atom is 0.300 e. The van der Waals surface area contributed by atoms with E-state index in [9.17, 15) is 19.1 Å². The smallest absolute Gasteiger partial charge is 0.300 e. The van der Waals surface area contributed by atoms with E-state index in [1.54, 1.807) is 42.5 Å². The molecule has 0 aromatic heterocycles. The van der Waals surface area contributed by atoms with Crippen LogP contribution < -0.4 is 14.4 Å². The van der Waals surface area contributed by atoms with Gasteiger partial charge in [0.15, 0.2) is 0 Å². The molecule has 1 amide bonds. The maximum absolute atomic E-state index is 13.9. The van der Waals surface area contributed by atoms with Crippen molar-refractivity contribution in [2.24, 2.45) is 0 Å². The maximum atomic E-state index is 13.9. The number of carbonyl (C=O) groups excluding carboxylic acids is 2. The molecule has 1 aliphatic heterocycles. The molecule has 0 radical (unpaired) electrons. The van der Waals surface area contributed by atoms with Gasteiger partial charge in [0.2, 0.25) is 0 Å². The molecule has 192 valence electrons. The van der Waals surface area contributed by atoms with Crippen LogP contribution in [0.4, 0.5) is 10.1 Å². The summed E-state index contributed by atoms with van der Waals surface area (Å²) in [4.78, 5) is 28.0. The molecule has 6 nitrogen and oxygen atoms in total. The van der Waals surface area contributed by atoms with Crippen LogP contribution in [0.5, 0.6) is 11.5 Å². The molecule has 8 heteroatoms. The first-order valence-corrected chi connectivity index (χ1v) is 12.2. The predicted molar refractivity (Wildman–Crippen MR) is 141 cm³/mol. The van der Waals surface area contributed by atoms with Gasteiger partial charge in [0.25, 0.3) is 11.7 Å². The van der Waals surface area contributed by atoms with Crippen molar-refractivity contribution in [3.05, 3.63) is 93.8 Å². The summed E-state index contributed by atoms with van der Waals surface area (Å²) < 4.78 is 25.2. The number of aliphatic hydroxyl groups excluding tert-OH is 1. The number of amides is 1. The molecule has 1 heterocycles. The summed E-state index contributed by atoms with van der Waals surface area (Å²) in [6, 6.07) is 14.8. The number of Topliss-reactive ketones (excluding diaryl/α,β-unsaturated/α-hetero) is 1. The molecule has 1 atom stereocenters. The molecule has 1 unspecified atom stereocenters. The van der Waals surface area contributed by atoms with Crippen LogP contribution in [-0.4, -0.2) is 30.5 Å². The van der Waals surface area contributed by atoms with Crippen molar-refractivity contribution in [1.29, 1.82) is 0 Å². The Bertz CT molecular complexity index is 1400. The molecule has 1 fully saturated rings. The normalized spacial score (nSPS) is 16.9. The van der Waals surface area contributed by atoms with Crippen molar-refractivity contribution in [2.45, 2.75) is 32.7 Å². The minimum absolute atomic E-state index is 0.0723. The van der Waals surface area contributed by atoms with E-state index < -0.39 is 23.5 Å². The Balaban J connectivity index is 1.98. The molecule has 1 saturated heterocycles. The van der Waals surface area contributed by atoms with Crippen molar-refractivity contribution in [3.8, 4) is 11.5 Å². The second-order valence-corrected chi connectivity index (χ2v) is 9.26. The minimum Gasteiger partial charge on any atom is -0.507 e. The van der Waals surface area contributed by atoms with E-state index in [1.165, 1.54) is 24.1 Å². The number of halogens is 2. The topological polar surface area (TPSA) is 76.1 Å². The summed E-state index contributed by atoms with van der Waals surface area (Å²) in [7, 11) is 1.47. The molecule has 0 spiro atoms. The Kier molecular flexibility index (Phi) is 7.55. The SMILES string of the molecule is CCOc1ccc(/C(O)=C2\C(=O)C(=O)N(c3ccc(F)c(Cl)c3)C2c2ccccc2OC)cc1C(C)C. The van der Waals surface area contributed by atoms with Gasteiger partial charge in [0.05, 0.1) is 30.4 Å². The average molecular weight is 524 g/mol. The first-order chi connectivity index (χ1) is 17.7. The molecule has 0 bridgehead atoms. The van der Waals surface area contributed by atoms with Gasteiger partial charge < -0.3 is 14.6 Å². The third-order valence-electron chi connectivity index (χ3n) is 6.26. The average Bonchev–Trinajstić information content (AvgIpc) is 3.15. The lowest BCUT2D eigenvalue weighted by molar-refractivity contribution is -0.132. The largest absolute Gasteiger partial charge is 0.507 e. The molecule has 37 heavy (non-hydrogen) atoms. The Hall–Kier alpha value is -3.84. The number of ether oxygens (including phenoxy) is 2. The number of carbonyl (C=O) groups is 2. The first-order valence-electron chi connectivity index (χ1n) is 11.9. The van der Waals surface area contributed by atoms with Crippen LogP contribution in [0.15, 0.2) is 66.2 Å². The Labute approximate surface area is 219 Å². The van der Waals surface area contributed by atoms with E-state index in [4.69, 9.17) is 21.1 Å². The summed E-state index contributed by atoms with van der Waals surface area (Å²) >= 11 is 6.02. The standard InChI is InChI=1S/C29H27ClFNO5/c1-5-37-24-13-10-17(14-20(24)16(2)3)27(33)25-26(19-8-6-7-9-23(19)36-4)32(29(35)28(25)34)18-11-12-22(31)21(30)15-18/h6-16,26,33H,5H2,1-4H3/b27-25+. The van der Waals surface area contributed by atoms with Gasteiger partial charge in [0, 0.05) is 16.8 Å². The number of hydrogen-bond acceptors (Lipinski definition) is 5. The van der Waals surface area contributed by atoms with Gasteiger partial charge in [-0.05, 0) is 60.9 Å². The van der Waals surface area contributed by atoms with E-state index in [0.717, 1.165) is 11.6 Å². The zero-order valence-corrected chi connectivity index (χ0v) is 21.7. The molecule has 0 saturated carbocycles. The van der Waals surface area contributed by atoms with Crippen LogP contribution in [0.2, 0.25) is 5.02 Å². The van der Waals surface area contributed by atoms with Gasteiger partial charge in [-0.1, -0.05) is 43.6 Å². The Morgan fingerprint density at radius 1 is 1.08 bits per heavy atom. The first kappa shape index (κ1) is 26.2. The van der Waals surface area contributed by atoms with Crippen LogP contribution in [0.3, 0.4) is 0 Å². The van der Waals surface area contributed by atoms with Crippen LogP contribution in [0, 0.1) is 5.82 Å². The number of methoxy groups -OCH3 is 1. The molecule has 3 aromatic rings. The monoisotopic (exact) mass is 523 g/mol. The van der Waals surface area contributed by atoms with E-state index >= 15 is 0 Å². The fourth-order valence-electron chi connectivity index (χ4n) is 4.51. The number of nitrogens with zero attached hydrogens (tertiary/aromatic N) is 1. The van der Waals surface area contributed by atoms with Crippen molar-refractivity contribution < 1.29 is 28.6 Å². The molecule has 1 N–H and O–H groups in total. The van der Waals surface area contributed by atoms with Gasteiger partial charge in [-0.25, -0.2) is 4.39 Å².